The summed E-state index contributed by atoms with van der Waals surface area (Å²) >= 11 is 21.0. The number of halogens is 4. The van der Waals surface area contributed by atoms with Crippen LogP contribution in [0.3, 0.4) is 0 Å². The van der Waals surface area contributed by atoms with Crippen LogP contribution in [0, 0.1) is 0 Å². The van der Waals surface area contributed by atoms with Crippen LogP contribution in [0.5, 0.6) is 0 Å². The van der Waals surface area contributed by atoms with Gasteiger partial charge in [-0.25, -0.2) is 0 Å². The standard InChI is InChI=1S/C13H6BrCl3O/c14-11-5-7(15)1-3-9(11)13(18)10-4-2-8(16)6-12(10)17/h1-6H. The maximum Gasteiger partial charge on any atom is 0.195 e. The van der Waals surface area contributed by atoms with Gasteiger partial charge < -0.3 is 0 Å². The molecule has 0 bridgehead atoms. The highest BCUT2D eigenvalue weighted by Crippen LogP contribution is 2.28. The fourth-order valence-corrected chi connectivity index (χ4v) is 2.85. The molecule has 0 aromatic heterocycles. The minimum atomic E-state index is -0.180. The van der Waals surface area contributed by atoms with Gasteiger partial charge in [0, 0.05) is 25.6 Å². The number of hydrogen-bond donors (Lipinski definition) is 0. The molecule has 0 saturated heterocycles. The lowest BCUT2D eigenvalue weighted by Crippen LogP contribution is -2.03. The molecule has 92 valence electrons. The van der Waals surface area contributed by atoms with E-state index in [1.807, 2.05) is 0 Å². The van der Waals surface area contributed by atoms with E-state index in [1.165, 1.54) is 0 Å². The van der Waals surface area contributed by atoms with Crippen molar-refractivity contribution in [3.8, 4) is 0 Å². The van der Waals surface area contributed by atoms with Crippen molar-refractivity contribution in [2.45, 2.75) is 0 Å². The van der Waals surface area contributed by atoms with E-state index in [1.54, 1.807) is 36.4 Å². The Morgan fingerprint density at radius 3 is 2.00 bits per heavy atom. The molecule has 0 radical (unpaired) electrons. The Morgan fingerprint density at radius 2 is 1.44 bits per heavy atom. The quantitative estimate of drug-likeness (QED) is 0.630. The van der Waals surface area contributed by atoms with E-state index in [4.69, 9.17) is 34.8 Å². The Kier molecular flexibility index (Phi) is 4.33. The molecular weight excluding hydrogens is 358 g/mol. The Hall–Kier alpha value is -0.540. The van der Waals surface area contributed by atoms with E-state index in [9.17, 15) is 4.79 Å². The van der Waals surface area contributed by atoms with Gasteiger partial charge in [-0.1, -0.05) is 34.8 Å². The monoisotopic (exact) mass is 362 g/mol. The zero-order chi connectivity index (χ0) is 13.3. The minimum Gasteiger partial charge on any atom is -0.289 e. The van der Waals surface area contributed by atoms with Gasteiger partial charge in [-0.15, -0.1) is 0 Å². The topological polar surface area (TPSA) is 17.1 Å². The lowest BCUT2D eigenvalue weighted by atomic mass is 10.0. The summed E-state index contributed by atoms with van der Waals surface area (Å²) in [6.07, 6.45) is 0. The Morgan fingerprint density at radius 1 is 0.889 bits per heavy atom. The van der Waals surface area contributed by atoms with E-state index >= 15 is 0 Å². The van der Waals surface area contributed by atoms with Crippen molar-refractivity contribution >= 4 is 56.5 Å². The first-order valence-electron chi connectivity index (χ1n) is 4.94. The van der Waals surface area contributed by atoms with Crippen LogP contribution in [-0.4, -0.2) is 5.78 Å². The second kappa shape index (κ2) is 5.62. The Balaban J connectivity index is 2.48. The molecule has 0 aliphatic heterocycles. The molecule has 0 aliphatic carbocycles. The maximum atomic E-state index is 12.3. The molecule has 0 spiro atoms. The molecule has 2 rings (SSSR count). The smallest absolute Gasteiger partial charge is 0.195 e. The molecule has 0 amide bonds. The van der Waals surface area contributed by atoms with Crippen LogP contribution in [0.4, 0.5) is 0 Å². The maximum absolute atomic E-state index is 12.3. The van der Waals surface area contributed by atoms with Crippen LogP contribution in [-0.2, 0) is 0 Å². The lowest BCUT2D eigenvalue weighted by Gasteiger charge is -2.06. The lowest BCUT2D eigenvalue weighted by molar-refractivity contribution is 0.103. The Bertz CT molecular complexity index is 572. The molecule has 5 heteroatoms. The number of ketones is 1. The van der Waals surface area contributed by atoms with Crippen LogP contribution in [0.15, 0.2) is 40.9 Å². The fourth-order valence-electron chi connectivity index (χ4n) is 1.49. The molecule has 2 aromatic rings. The van der Waals surface area contributed by atoms with Crippen molar-refractivity contribution in [2.75, 3.05) is 0 Å². The third-order valence-electron chi connectivity index (χ3n) is 2.35. The molecule has 0 N–H and O–H groups in total. The van der Waals surface area contributed by atoms with Crippen LogP contribution < -0.4 is 0 Å². The molecule has 0 saturated carbocycles. The van der Waals surface area contributed by atoms with E-state index in [0.29, 0.717) is 30.7 Å². The normalized spacial score (nSPS) is 10.4. The molecule has 0 atom stereocenters. The first kappa shape index (κ1) is 13.9. The van der Waals surface area contributed by atoms with Crippen molar-refractivity contribution in [2.24, 2.45) is 0 Å². The first-order chi connectivity index (χ1) is 8.49. The van der Waals surface area contributed by atoms with Gasteiger partial charge in [0.25, 0.3) is 0 Å². The van der Waals surface area contributed by atoms with E-state index in [-0.39, 0.29) is 5.78 Å². The highest BCUT2D eigenvalue weighted by molar-refractivity contribution is 9.10. The van der Waals surface area contributed by atoms with Gasteiger partial charge in [-0.3, -0.25) is 4.79 Å². The largest absolute Gasteiger partial charge is 0.289 e. The van der Waals surface area contributed by atoms with Crippen molar-refractivity contribution in [1.82, 2.24) is 0 Å². The van der Waals surface area contributed by atoms with Gasteiger partial charge in [0.1, 0.15) is 0 Å². The van der Waals surface area contributed by atoms with Gasteiger partial charge in [-0.05, 0) is 52.3 Å². The van der Waals surface area contributed by atoms with Gasteiger partial charge in [-0.2, -0.15) is 0 Å². The van der Waals surface area contributed by atoms with Crippen molar-refractivity contribution < 1.29 is 4.79 Å². The summed E-state index contributed by atoms with van der Waals surface area (Å²) in [5, 5.41) is 1.38. The average molecular weight is 364 g/mol. The van der Waals surface area contributed by atoms with Crippen LogP contribution in [0.25, 0.3) is 0 Å². The van der Waals surface area contributed by atoms with E-state index in [0.717, 1.165) is 0 Å². The summed E-state index contributed by atoms with van der Waals surface area (Å²) < 4.78 is 0.631. The number of benzene rings is 2. The average Bonchev–Trinajstić information content (AvgIpc) is 2.28. The molecule has 0 unspecified atom stereocenters. The zero-order valence-corrected chi connectivity index (χ0v) is 12.7. The summed E-state index contributed by atoms with van der Waals surface area (Å²) in [6.45, 7) is 0. The van der Waals surface area contributed by atoms with Gasteiger partial charge in [0.15, 0.2) is 5.78 Å². The summed E-state index contributed by atoms with van der Waals surface area (Å²) in [5.41, 5.74) is 0.910. The number of carbonyl (C=O) groups excluding carboxylic acids is 1. The fraction of sp³-hybridized carbons (Fsp3) is 0. The number of carbonyl (C=O) groups is 1. The molecule has 0 fully saturated rings. The first-order valence-corrected chi connectivity index (χ1v) is 6.86. The summed E-state index contributed by atoms with van der Waals surface area (Å²) in [6, 6.07) is 9.75. The highest BCUT2D eigenvalue weighted by atomic mass is 79.9. The molecule has 18 heavy (non-hydrogen) atoms. The van der Waals surface area contributed by atoms with Crippen molar-refractivity contribution in [1.29, 1.82) is 0 Å². The molecular formula is C13H6BrCl3O. The Labute approximate surface area is 128 Å². The second-order valence-corrected chi connectivity index (χ2v) is 5.71. The predicted molar refractivity (Wildman–Crippen MR) is 79.0 cm³/mol. The minimum absolute atomic E-state index is 0.180. The highest BCUT2D eigenvalue weighted by Gasteiger charge is 2.15. The van der Waals surface area contributed by atoms with Crippen LogP contribution in [0.1, 0.15) is 15.9 Å². The predicted octanol–water partition coefficient (Wildman–Crippen LogP) is 5.64. The van der Waals surface area contributed by atoms with Crippen LogP contribution in [0.2, 0.25) is 15.1 Å². The molecule has 0 aliphatic rings. The number of hydrogen-bond acceptors (Lipinski definition) is 1. The van der Waals surface area contributed by atoms with E-state index in [2.05, 4.69) is 15.9 Å². The molecule has 2 aromatic carbocycles. The van der Waals surface area contributed by atoms with E-state index < -0.39 is 0 Å². The summed E-state index contributed by atoms with van der Waals surface area (Å²) in [7, 11) is 0. The van der Waals surface area contributed by atoms with Gasteiger partial charge in [0.05, 0.1) is 5.02 Å². The summed E-state index contributed by atoms with van der Waals surface area (Å²) in [4.78, 5) is 12.3. The number of rotatable bonds is 2. The zero-order valence-electron chi connectivity index (χ0n) is 8.88. The van der Waals surface area contributed by atoms with Crippen LogP contribution >= 0.6 is 50.7 Å². The second-order valence-electron chi connectivity index (χ2n) is 3.58. The third kappa shape index (κ3) is 2.89. The third-order valence-corrected chi connectivity index (χ3v) is 3.79. The molecule has 0 heterocycles. The van der Waals surface area contributed by atoms with Gasteiger partial charge >= 0.3 is 0 Å². The van der Waals surface area contributed by atoms with Crippen molar-refractivity contribution in [3.05, 3.63) is 67.1 Å². The van der Waals surface area contributed by atoms with Gasteiger partial charge in [0.2, 0.25) is 0 Å². The SMILES string of the molecule is O=C(c1ccc(Cl)cc1Cl)c1ccc(Cl)cc1Br. The summed E-state index contributed by atoms with van der Waals surface area (Å²) in [5.74, 6) is -0.180. The van der Waals surface area contributed by atoms with Crippen molar-refractivity contribution in [3.63, 3.8) is 0 Å². The molecule has 1 nitrogen and oxygen atoms in total.